The maximum atomic E-state index is 3.73. The molecule has 1 aliphatic carbocycles. The summed E-state index contributed by atoms with van der Waals surface area (Å²) in [4.78, 5) is 0. The lowest BCUT2D eigenvalue weighted by atomic mass is 10.1. The van der Waals surface area contributed by atoms with Gasteiger partial charge >= 0.3 is 0 Å². The van der Waals surface area contributed by atoms with Crippen molar-refractivity contribution < 1.29 is 0 Å². The molecule has 0 aromatic heterocycles. The fourth-order valence-electron chi connectivity index (χ4n) is 1.69. The molecule has 1 unspecified atom stereocenters. The van der Waals surface area contributed by atoms with E-state index in [0.29, 0.717) is 0 Å². The van der Waals surface area contributed by atoms with Crippen LogP contribution in [0, 0.1) is 0 Å². The summed E-state index contributed by atoms with van der Waals surface area (Å²) in [5.74, 6) is 0. The van der Waals surface area contributed by atoms with Crippen LogP contribution in [0.3, 0.4) is 0 Å². The summed E-state index contributed by atoms with van der Waals surface area (Å²) in [6, 6.07) is 1.71. The Morgan fingerprint density at radius 3 is 2.42 bits per heavy atom. The first-order valence-corrected chi connectivity index (χ1v) is 5.62. The first-order valence-electron chi connectivity index (χ1n) is 5.62. The molecule has 0 spiro atoms. The van der Waals surface area contributed by atoms with Gasteiger partial charge in [0.05, 0.1) is 0 Å². The molecule has 1 rings (SSSR count). The Morgan fingerprint density at radius 1 is 1.17 bits per heavy atom. The maximum Gasteiger partial charge on any atom is 0.00708 e. The van der Waals surface area contributed by atoms with Gasteiger partial charge in [-0.25, -0.2) is 0 Å². The van der Waals surface area contributed by atoms with Crippen LogP contribution >= 0.6 is 0 Å². The van der Waals surface area contributed by atoms with Crippen LogP contribution in [0.2, 0.25) is 0 Å². The number of hydrogen-bond donors (Lipinski definition) is 1. The Bertz CT molecular complexity index is 108. The maximum absolute atomic E-state index is 3.73. The minimum atomic E-state index is 0.822. The van der Waals surface area contributed by atoms with Crippen LogP contribution < -0.4 is 5.32 Å². The highest BCUT2D eigenvalue weighted by atomic mass is 15.0. The molecule has 12 heavy (non-hydrogen) atoms. The largest absolute Gasteiger partial charge is 0.311 e. The minimum absolute atomic E-state index is 0.822. The molecule has 0 saturated heterocycles. The Balaban J connectivity index is 2.07. The van der Waals surface area contributed by atoms with E-state index in [2.05, 4.69) is 19.2 Å². The molecule has 1 atom stereocenters. The SMILES string of the molecule is CCCCC(CCC)NC1CC1. The molecule has 1 heteroatoms. The lowest BCUT2D eigenvalue weighted by Crippen LogP contribution is -2.30. The molecule has 1 fully saturated rings. The molecule has 0 aliphatic heterocycles. The predicted octanol–water partition coefficient (Wildman–Crippen LogP) is 3.10. The zero-order chi connectivity index (χ0) is 8.81. The first kappa shape index (κ1) is 10.0. The molecule has 0 radical (unpaired) electrons. The molecule has 0 heterocycles. The lowest BCUT2D eigenvalue weighted by molar-refractivity contribution is 0.432. The minimum Gasteiger partial charge on any atom is -0.311 e. The summed E-state index contributed by atoms with van der Waals surface area (Å²) in [6.07, 6.45) is 9.67. The molecular formula is C11H23N. The van der Waals surface area contributed by atoms with E-state index in [9.17, 15) is 0 Å². The van der Waals surface area contributed by atoms with Gasteiger partial charge < -0.3 is 5.32 Å². The Hall–Kier alpha value is -0.0400. The van der Waals surface area contributed by atoms with E-state index in [1.54, 1.807) is 0 Å². The van der Waals surface area contributed by atoms with E-state index in [1.807, 2.05) is 0 Å². The number of rotatable bonds is 7. The average molecular weight is 169 g/mol. The molecule has 72 valence electrons. The zero-order valence-corrected chi connectivity index (χ0v) is 8.60. The molecule has 0 aromatic carbocycles. The van der Waals surface area contributed by atoms with Crippen LogP contribution in [-0.4, -0.2) is 12.1 Å². The van der Waals surface area contributed by atoms with E-state index in [0.717, 1.165) is 12.1 Å². The molecule has 1 saturated carbocycles. The Morgan fingerprint density at radius 2 is 1.92 bits per heavy atom. The molecule has 1 nitrogen and oxygen atoms in total. The van der Waals surface area contributed by atoms with E-state index in [4.69, 9.17) is 0 Å². The predicted molar refractivity (Wildman–Crippen MR) is 54.4 cm³/mol. The highest BCUT2D eigenvalue weighted by molar-refractivity contribution is 4.84. The zero-order valence-electron chi connectivity index (χ0n) is 8.60. The molecule has 1 aliphatic rings. The van der Waals surface area contributed by atoms with Gasteiger partial charge in [-0.2, -0.15) is 0 Å². The van der Waals surface area contributed by atoms with E-state index in [-0.39, 0.29) is 0 Å². The van der Waals surface area contributed by atoms with Gasteiger partial charge in [-0.1, -0.05) is 33.1 Å². The third kappa shape index (κ3) is 4.10. The summed E-state index contributed by atoms with van der Waals surface area (Å²) in [5.41, 5.74) is 0. The van der Waals surface area contributed by atoms with E-state index in [1.165, 1.54) is 44.9 Å². The van der Waals surface area contributed by atoms with Crippen molar-refractivity contribution in [3.05, 3.63) is 0 Å². The van der Waals surface area contributed by atoms with E-state index < -0.39 is 0 Å². The monoisotopic (exact) mass is 169 g/mol. The van der Waals surface area contributed by atoms with Gasteiger partial charge in [-0.3, -0.25) is 0 Å². The normalized spacial score (nSPS) is 19.5. The summed E-state index contributed by atoms with van der Waals surface area (Å²) < 4.78 is 0. The van der Waals surface area contributed by atoms with Crippen molar-refractivity contribution in [2.24, 2.45) is 0 Å². The fourth-order valence-corrected chi connectivity index (χ4v) is 1.69. The Kier molecular flexibility index (Phi) is 4.67. The standard InChI is InChI=1S/C11H23N/c1-3-5-7-10(6-4-2)12-11-8-9-11/h10-12H,3-9H2,1-2H3. The summed E-state index contributed by atoms with van der Waals surface area (Å²) in [6.45, 7) is 4.56. The quantitative estimate of drug-likeness (QED) is 0.617. The van der Waals surface area contributed by atoms with Gasteiger partial charge in [-0.05, 0) is 25.7 Å². The molecule has 1 N–H and O–H groups in total. The molecule has 0 aromatic rings. The van der Waals surface area contributed by atoms with Gasteiger partial charge in [0.15, 0.2) is 0 Å². The first-order chi connectivity index (χ1) is 5.86. The number of nitrogens with one attached hydrogen (secondary N) is 1. The van der Waals surface area contributed by atoms with Crippen LogP contribution in [0.4, 0.5) is 0 Å². The number of hydrogen-bond acceptors (Lipinski definition) is 1. The van der Waals surface area contributed by atoms with Crippen molar-refractivity contribution in [2.45, 2.75) is 70.9 Å². The van der Waals surface area contributed by atoms with Gasteiger partial charge in [0.2, 0.25) is 0 Å². The van der Waals surface area contributed by atoms with Crippen LogP contribution in [0.25, 0.3) is 0 Å². The van der Waals surface area contributed by atoms with Crippen LogP contribution in [0.15, 0.2) is 0 Å². The van der Waals surface area contributed by atoms with Crippen molar-refractivity contribution in [1.82, 2.24) is 5.32 Å². The summed E-state index contributed by atoms with van der Waals surface area (Å²) in [5, 5.41) is 3.73. The Labute approximate surface area is 76.9 Å². The van der Waals surface area contributed by atoms with Crippen molar-refractivity contribution in [3.8, 4) is 0 Å². The molecular weight excluding hydrogens is 146 g/mol. The van der Waals surface area contributed by atoms with Crippen LogP contribution in [0.1, 0.15) is 58.8 Å². The van der Waals surface area contributed by atoms with Gasteiger partial charge in [0, 0.05) is 12.1 Å². The summed E-state index contributed by atoms with van der Waals surface area (Å²) >= 11 is 0. The third-order valence-corrected chi connectivity index (χ3v) is 2.59. The average Bonchev–Trinajstić information content (AvgIpc) is 2.84. The topological polar surface area (TPSA) is 12.0 Å². The van der Waals surface area contributed by atoms with Crippen LogP contribution in [0.5, 0.6) is 0 Å². The molecule has 0 bridgehead atoms. The second-order valence-corrected chi connectivity index (χ2v) is 4.07. The van der Waals surface area contributed by atoms with Crippen molar-refractivity contribution >= 4 is 0 Å². The summed E-state index contributed by atoms with van der Waals surface area (Å²) in [7, 11) is 0. The van der Waals surface area contributed by atoms with Crippen molar-refractivity contribution in [1.29, 1.82) is 0 Å². The van der Waals surface area contributed by atoms with Gasteiger partial charge in [0.1, 0.15) is 0 Å². The van der Waals surface area contributed by atoms with E-state index >= 15 is 0 Å². The lowest BCUT2D eigenvalue weighted by Gasteiger charge is -2.17. The second kappa shape index (κ2) is 5.58. The van der Waals surface area contributed by atoms with Gasteiger partial charge in [-0.15, -0.1) is 0 Å². The van der Waals surface area contributed by atoms with Crippen LogP contribution in [-0.2, 0) is 0 Å². The number of unbranched alkanes of at least 4 members (excludes halogenated alkanes) is 1. The van der Waals surface area contributed by atoms with Gasteiger partial charge in [0.25, 0.3) is 0 Å². The van der Waals surface area contributed by atoms with Crippen molar-refractivity contribution in [3.63, 3.8) is 0 Å². The fraction of sp³-hybridized carbons (Fsp3) is 1.00. The molecule has 0 amide bonds. The third-order valence-electron chi connectivity index (χ3n) is 2.59. The highest BCUT2D eigenvalue weighted by Gasteiger charge is 2.23. The smallest absolute Gasteiger partial charge is 0.00708 e. The highest BCUT2D eigenvalue weighted by Crippen LogP contribution is 2.21. The second-order valence-electron chi connectivity index (χ2n) is 4.07. The van der Waals surface area contributed by atoms with Crippen molar-refractivity contribution in [2.75, 3.05) is 0 Å².